The minimum atomic E-state index is -1.50. The number of carboxylic acid groups (broad SMARTS) is 1. The Morgan fingerprint density at radius 3 is 2.55 bits per heavy atom. The Morgan fingerprint density at radius 1 is 1.21 bits per heavy atom. The number of aryl methyl sites for hydroxylation is 2. The molecule has 0 fully saturated rings. The molecule has 9 heteroatoms. The molecule has 0 aliphatic heterocycles. The van der Waals surface area contributed by atoms with Crippen LogP contribution in [0.25, 0.3) is 10.9 Å². The third-order valence-electron chi connectivity index (χ3n) is 5.22. The number of nitrogens with one attached hydrogen (secondary N) is 1. The first-order chi connectivity index (χ1) is 15.7. The Kier molecular flexibility index (Phi) is 7.65. The van der Waals surface area contributed by atoms with Crippen molar-refractivity contribution in [1.82, 2.24) is 4.57 Å². The van der Waals surface area contributed by atoms with Gasteiger partial charge in [-0.1, -0.05) is 30.3 Å². The maximum Gasteiger partial charge on any atom is 0.341 e. The second kappa shape index (κ2) is 10.4. The summed E-state index contributed by atoms with van der Waals surface area (Å²) in [6.45, 7) is 4.55. The van der Waals surface area contributed by atoms with Crippen molar-refractivity contribution in [2.24, 2.45) is 0 Å². The van der Waals surface area contributed by atoms with Crippen molar-refractivity contribution in [3.63, 3.8) is 0 Å². The Bertz CT molecular complexity index is 1210. The zero-order chi connectivity index (χ0) is 24.1. The number of carbonyl (C=O) groups is 1. The lowest BCUT2D eigenvalue weighted by Crippen LogP contribution is -2.23. The molecule has 1 heterocycles. The van der Waals surface area contributed by atoms with Crippen LogP contribution in [0.1, 0.15) is 36.2 Å². The van der Waals surface area contributed by atoms with E-state index >= 15 is 4.39 Å². The molecule has 3 aromatic rings. The molecule has 0 spiro atoms. The first-order valence-electron chi connectivity index (χ1n) is 10.7. The number of benzene rings is 2. The summed E-state index contributed by atoms with van der Waals surface area (Å²) in [5, 5.41) is 11.7. The molecule has 4 N–H and O–H groups in total. The number of halogens is 2. The van der Waals surface area contributed by atoms with Crippen LogP contribution in [0.15, 0.2) is 41.3 Å². The number of hydrogen-bond acceptors (Lipinski definition) is 5. The number of hydrogen-bond donors (Lipinski definition) is 3. The standard InChI is InChI=1S/C24H27F2N3O4/c1-14(2)33-12-6-10-28-21-18(25)20(27)17-22(19(21)26)29(13-16(23(17)30)24(31)32)11-9-15-7-4-3-5-8-15/h3-5,7-8,13-14,28H,6,9-12,27H2,1-2H3,(H,31,32). The van der Waals surface area contributed by atoms with Crippen molar-refractivity contribution in [2.45, 2.75) is 39.3 Å². The van der Waals surface area contributed by atoms with E-state index in [1.807, 2.05) is 44.2 Å². The van der Waals surface area contributed by atoms with Gasteiger partial charge >= 0.3 is 5.97 Å². The lowest BCUT2D eigenvalue weighted by molar-refractivity contribution is 0.0694. The summed E-state index contributed by atoms with van der Waals surface area (Å²) in [5.74, 6) is -3.62. The number of carboxylic acids is 1. The van der Waals surface area contributed by atoms with Crippen molar-refractivity contribution < 1.29 is 23.4 Å². The second-order valence-corrected chi connectivity index (χ2v) is 7.95. The molecule has 3 rings (SSSR count). The summed E-state index contributed by atoms with van der Waals surface area (Å²) >= 11 is 0. The number of nitrogens with zero attached hydrogens (tertiary/aromatic N) is 1. The number of nitrogen functional groups attached to an aromatic ring is 1. The number of pyridine rings is 1. The van der Waals surface area contributed by atoms with E-state index in [0.29, 0.717) is 19.4 Å². The predicted octanol–water partition coefficient (Wildman–Crippen LogP) is 4.03. The van der Waals surface area contributed by atoms with Gasteiger partial charge in [0, 0.05) is 25.9 Å². The number of ether oxygens (including phenoxy) is 1. The van der Waals surface area contributed by atoms with Crippen LogP contribution in [0.4, 0.5) is 20.2 Å². The Balaban J connectivity index is 2.07. The van der Waals surface area contributed by atoms with Gasteiger partial charge in [0.05, 0.1) is 22.7 Å². The Morgan fingerprint density at radius 2 is 1.91 bits per heavy atom. The van der Waals surface area contributed by atoms with Gasteiger partial charge < -0.3 is 25.5 Å². The number of aromatic nitrogens is 1. The quantitative estimate of drug-likeness (QED) is 0.312. The van der Waals surface area contributed by atoms with E-state index in [-0.39, 0.29) is 24.7 Å². The van der Waals surface area contributed by atoms with Gasteiger partial charge in [0.1, 0.15) is 11.3 Å². The van der Waals surface area contributed by atoms with Crippen LogP contribution >= 0.6 is 0 Å². The monoisotopic (exact) mass is 459 g/mol. The van der Waals surface area contributed by atoms with E-state index in [1.54, 1.807) is 0 Å². The highest BCUT2D eigenvalue weighted by atomic mass is 19.1. The number of nitrogens with two attached hydrogens (primary N) is 1. The van der Waals surface area contributed by atoms with Gasteiger partial charge in [-0.25, -0.2) is 13.6 Å². The fourth-order valence-corrected chi connectivity index (χ4v) is 3.59. The van der Waals surface area contributed by atoms with Gasteiger partial charge in [-0.15, -0.1) is 0 Å². The molecule has 33 heavy (non-hydrogen) atoms. The molecule has 0 aliphatic rings. The van der Waals surface area contributed by atoms with Gasteiger partial charge in [-0.2, -0.15) is 0 Å². The average Bonchev–Trinajstić information content (AvgIpc) is 2.78. The predicted molar refractivity (Wildman–Crippen MR) is 124 cm³/mol. The molecule has 0 aliphatic carbocycles. The summed E-state index contributed by atoms with van der Waals surface area (Å²) in [5.41, 5.74) is 3.91. The van der Waals surface area contributed by atoms with Crippen LogP contribution in [0.5, 0.6) is 0 Å². The smallest absolute Gasteiger partial charge is 0.341 e. The fraction of sp³-hybridized carbons (Fsp3) is 0.333. The number of aromatic carboxylic acids is 1. The summed E-state index contributed by atoms with van der Waals surface area (Å²) in [6.07, 6.45) is 2.05. The van der Waals surface area contributed by atoms with Gasteiger partial charge in [-0.05, 0) is 32.3 Å². The molecule has 0 radical (unpaired) electrons. The average molecular weight is 459 g/mol. The van der Waals surface area contributed by atoms with Gasteiger partial charge in [0.15, 0.2) is 11.6 Å². The summed E-state index contributed by atoms with van der Waals surface area (Å²) in [4.78, 5) is 24.4. The fourth-order valence-electron chi connectivity index (χ4n) is 3.59. The van der Waals surface area contributed by atoms with E-state index < -0.39 is 45.4 Å². The number of rotatable bonds is 10. The normalized spacial score (nSPS) is 11.3. The lowest BCUT2D eigenvalue weighted by Gasteiger charge is -2.18. The van der Waals surface area contributed by atoms with E-state index in [2.05, 4.69) is 5.32 Å². The minimum Gasteiger partial charge on any atom is -0.477 e. The molecule has 176 valence electrons. The van der Waals surface area contributed by atoms with E-state index in [1.165, 1.54) is 4.57 Å². The first-order valence-corrected chi connectivity index (χ1v) is 10.7. The van der Waals surface area contributed by atoms with Crippen LogP contribution < -0.4 is 16.5 Å². The molecular formula is C24H27F2N3O4. The molecule has 7 nitrogen and oxygen atoms in total. The molecule has 0 saturated heterocycles. The second-order valence-electron chi connectivity index (χ2n) is 7.95. The number of fused-ring (bicyclic) bond motifs is 1. The molecule has 2 aromatic carbocycles. The highest BCUT2D eigenvalue weighted by Crippen LogP contribution is 2.33. The van der Waals surface area contributed by atoms with Crippen molar-refractivity contribution >= 4 is 28.2 Å². The van der Waals surface area contributed by atoms with Crippen molar-refractivity contribution in [2.75, 3.05) is 24.2 Å². The highest BCUT2D eigenvalue weighted by Gasteiger charge is 2.25. The first kappa shape index (κ1) is 24.2. The molecule has 0 unspecified atom stereocenters. The highest BCUT2D eigenvalue weighted by molar-refractivity contribution is 5.99. The summed E-state index contributed by atoms with van der Waals surface area (Å²) in [6, 6.07) is 9.30. The molecule has 0 amide bonds. The zero-order valence-electron chi connectivity index (χ0n) is 18.5. The molecule has 0 atom stereocenters. The third kappa shape index (κ3) is 5.31. The van der Waals surface area contributed by atoms with E-state index in [0.717, 1.165) is 11.8 Å². The van der Waals surface area contributed by atoms with Crippen molar-refractivity contribution in [1.29, 1.82) is 0 Å². The van der Waals surface area contributed by atoms with Crippen LogP contribution in [0.2, 0.25) is 0 Å². The maximum absolute atomic E-state index is 15.6. The summed E-state index contributed by atoms with van der Waals surface area (Å²) < 4.78 is 37.3. The van der Waals surface area contributed by atoms with Crippen molar-refractivity contribution in [3.05, 3.63) is 69.5 Å². The number of anilines is 2. The summed E-state index contributed by atoms with van der Waals surface area (Å²) in [7, 11) is 0. The van der Waals surface area contributed by atoms with Crippen LogP contribution in [0, 0.1) is 11.6 Å². The van der Waals surface area contributed by atoms with Crippen molar-refractivity contribution in [3.8, 4) is 0 Å². The van der Waals surface area contributed by atoms with Gasteiger partial charge in [0.2, 0.25) is 5.43 Å². The lowest BCUT2D eigenvalue weighted by atomic mass is 10.1. The van der Waals surface area contributed by atoms with Gasteiger partial charge in [0.25, 0.3) is 0 Å². The zero-order valence-corrected chi connectivity index (χ0v) is 18.5. The molecule has 0 saturated carbocycles. The largest absolute Gasteiger partial charge is 0.477 e. The topological polar surface area (TPSA) is 107 Å². The van der Waals surface area contributed by atoms with Crippen LogP contribution in [0.3, 0.4) is 0 Å². The van der Waals surface area contributed by atoms with Crippen LogP contribution in [-0.4, -0.2) is 34.9 Å². The SMILES string of the molecule is CC(C)OCCCNc1c(F)c(N)c2c(=O)c(C(=O)O)cn(CCc3ccccc3)c2c1F. The molecule has 0 bridgehead atoms. The minimum absolute atomic E-state index is 0.0391. The Labute approximate surface area is 189 Å². The van der Waals surface area contributed by atoms with E-state index in [4.69, 9.17) is 10.5 Å². The molecular weight excluding hydrogens is 432 g/mol. The maximum atomic E-state index is 15.6. The van der Waals surface area contributed by atoms with Crippen LogP contribution in [-0.2, 0) is 17.7 Å². The van der Waals surface area contributed by atoms with E-state index in [9.17, 15) is 19.1 Å². The van der Waals surface area contributed by atoms with Gasteiger partial charge in [-0.3, -0.25) is 4.79 Å². The molecule has 1 aromatic heterocycles. The Hall–Kier alpha value is -3.46. The third-order valence-corrected chi connectivity index (χ3v) is 5.22.